The summed E-state index contributed by atoms with van der Waals surface area (Å²) in [5.41, 5.74) is 0.850. The van der Waals surface area contributed by atoms with Gasteiger partial charge in [-0.25, -0.2) is 4.98 Å². The Balaban J connectivity index is 1.93. The van der Waals surface area contributed by atoms with Crippen LogP contribution >= 0.6 is 11.3 Å². The fraction of sp³-hybridized carbons (Fsp3) is 0.750. The number of nitrogens with zero attached hydrogens (tertiary/aromatic N) is 2. The van der Waals surface area contributed by atoms with Crippen molar-refractivity contribution in [2.45, 2.75) is 63.4 Å². The summed E-state index contributed by atoms with van der Waals surface area (Å²) in [6.07, 6.45) is 4.51. The van der Waals surface area contributed by atoms with Gasteiger partial charge in [0.2, 0.25) is 5.91 Å². The number of carbonyl (C=O) groups excluding carboxylic acids is 1. The lowest BCUT2D eigenvalue weighted by molar-refractivity contribution is -0.130. The van der Waals surface area contributed by atoms with Crippen LogP contribution in [0, 0.1) is 0 Å². The average Bonchev–Trinajstić information content (AvgIpc) is 2.79. The fourth-order valence-corrected chi connectivity index (χ4v) is 4.59. The third-order valence-corrected chi connectivity index (χ3v) is 6.78. The number of amides is 1. The first-order valence-electron chi connectivity index (χ1n) is 8.09. The highest BCUT2D eigenvalue weighted by molar-refractivity contribution is 7.85. The molecule has 2 rings (SSSR count). The number of thiazole rings is 1. The third-order valence-electron chi connectivity index (χ3n) is 4.01. The first-order valence-corrected chi connectivity index (χ1v) is 10.4. The van der Waals surface area contributed by atoms with Crippen molar-refractivity contribution in [3.8, 4) is 0 Å². The highest BCUT2D eigenvalue weighted by Crippen LogP contribution is 2.21. The van der Waals surface area contributed by atoms with E-state index in [9.17, 15) is 9.00 Å². The van der Waals surface area contributed by atoms with Crippen LogP contribution in [0.1, 0.15) is 63.1 Å². The van der Waals surface area contributed by atoms with Crippen molar-refractivity contribution >= 4 is 28.0 Å². The molecule has 124 valence electrons. The maximum atomic E-state index is 12.5. The van der Waals surface area contributed by atoms with E-state index in [1.54, 1.807) is 18.3 Å². The SMILES string of the molecule is CC(C)c1nc(C[S@](=O)[C@H](C)C(=O)N2CCCCCC2)cs1. The number of carbonyl (C=O) groups is 1. The standard InChI is InChI=1S/C16H26N2O2S2/c1-12(2)15-17-14(10-21-15)11-22(20)13(3)16(19)18-8-6-4-5-7-9-18/h10,12-13H,4-9,11H2,1-3H3/t13-,22+/m1/s1. The molecule has 0 aromatic carbocycles. The molecule has 1 saturated heterocycles. The molecule has 1 aliphatic heterocycles. The molecule has 22 heavy (non-hydrogen) atoms. The lowest BCUT2D eigenvalue weighted by atomic mass is 10.2. The smallest absolute Gasteiger partial charge is 0.238 e. The van der Waals surface area contributed by atoms with E-state index in [2.05, 4.69) is 18.8 Å². The molecule has 0 spiro atoms. The van der Waals surface area contributed by atoms with Crippen LogP contribution in [0.15, 0.2) is 5.38 Å². The van der Waals surface area contributed by atoms with Crippen LogP contribution in [0.3, 0.4) is 0 Å². The number of likely N-dealkylation sites (tertiary alicyclic amines) is 1. The van der Waals surface area contributed by atoms with Crippen molar-refractivity contribution in [2.24, 2.45) is 0 Å². The van der Waals surface area contributed by atoms with Crippen LogP contribution < -0.4 is 0 Å². The Morgan fingerprint density at radius 1 is 1.27 bits per heavy atom. The van der Waals surface area contributed by atoms with Gasteiger partial charge in [-0.3, -0.25) is 9.00 Å². The van der Waals surface area contributed by atoms with Gasteiger partial charge in [0, 0.05) is 35.2 Å². The van der Waals surface area contributed by atoms with E-state index in [0.717, 1.165) is 36.6 Å². The van der Waals surface area contributed by atoms with Gasteiger partial charge in [0.25, 0.3) is 0 Å². The number of hydrogen-bond donors (Lipinski definition) is 0. The van der Waals surface area contributed by atoms with E-state index in [0.29, 0.717) is 11.7 Å². The number of aromatic nitrogens is 1. The molecule has 0 N–H and O–H groups in total. The summed E-state index contributed by atoms with van der Waals surface area (Å²) in [6.45, 7) is 7.62. The van der Waals surface area contributed by atoms with Crippen molar-refractivity contribution < 1.29 is 9.00 Å². The van der Waals surface area contributed by atoms with Gasteiger partial charge in [0.15, 0.2) is 0 Å². The Morgan fingerprint density at radius 3 is 2.45 bits per heavy atom. The molecule has 1 aromatic heterocycles. The summed E-state index contributed by atoms with van der Waals surface area (Å²) in [6, 6.07) is 0. The van der Waals surface area contributed by atoms with Gasteiger partial charge in [0.1, 0.15) is 5.25 Å². The maximum Gasteiger partial charge on any atom is 0.238 e. The third kappa shape index (κ3) is 4.62. The number of rotatable bonds is 5. The molecule has 1 fully saturated rings. The summed E-state index contributed by atoms with van der Waals surface area (Å²) >= 11 is 1.61. The van der Waals surface area contributed by atoms with Gasteiger partial charge in [0.05, 0.1) is 16.5 Å². The normalized spacial score (nSPS) is 19.0. The average molecular weight is 343 g/mol. The second-order valence-electron chi connectivity index (χ2n) is 6.24. The van der Waals surface area contributed by atoms with Crippen molar-refractivity contribution in [3.05, 3.63) is 16.1 Å². The van der Waals surface area contributed by atoms with E-state index >= 15 is 0 Å². The van der Waals surface area contributed by atoms with Crippen LogP contribution in [-0.2, 0) is 21.3 Å². The zero-order valence-corrected chi connectivity index (χ0v) is 15.3. The first kappa shape index (κ1) is 17.6. The van der Waals surface area contributed by atoms with Crippen LogP contribution in [0.25, 0.3) is 0 Å². The Labute approximate surface area is 139 Å². The molecule has 1 amide bonds. The van der Waals surface area contributed by atoms with Crippen molar-refractivity contribution in [1.29, 1.82) is 0 Å². The molecule has 0 aliphatic carbocycles. The summed E-state index contributed by atoms with van der Waals surface area (Å²) in [5.74, 6) is 0.812. The molecule has 0 unspecified atom stereocenters. The van der Waals surface area contributed by atoms with E-state index in [1.807, 2.05) is 10.3 Å². The minimum atomic E-state index is -1.20. The molecule has 0 saturated carbocycles. The van der Waals surface area contributed by atoms with Gasteiger partial charge in [-0.2, -0.15) is 0 Å². The molecular formula is C16H26N2O2S2. The highest BCUT2D eigenvalue weighted by Gasteiger charge is 2.26. The molecule has 6 heteroatoms. The van der Waals surface area contributed by atoms with E-state index < -0.39 is 16.0 Å². The Kier molecular flexibility index (Phi) is 6.56. The summed E-state index contributed by atoms with van der Waals surface area (Å²) < 4.78 is 12.5. The summed E-state index contributed by atoms with van der Waals surface area (Å²) in [4.78, 5) is 18.9. The van der Waals surface area contributed by atoms with Crippen LogP contribution in [0.2, 0.25) is 0 Å². The second kappa shape index (κ2) is 8.20. The Hall–Kier alpha value is -0.750. The molecule has 1 aliphatic rings. The quantitative estimate of drug-likeness (QED) is 0.825. The predicted octanol–water partition coefficient (Wildman–Crippen LogP) is 3.31. The van der Waals surface area contributed by atoms with E-state index in [-0.39, 0.29) is 5.91 Å². The molecule has 0 radical (unpaired) electrons. The maximum absolute atomic E-state index is 12.5. The highest BCUT2D eigenvalue weighted by atomic mass is 32.2. The molecule has 1 aromatic rings. The van der Waals surface area contributed by atoms with Crippen molar-refractivity contribution in [1.82, 2.24) is 9.88 Å². The minimum absolute atomic E-state index is 0.0412. The predicted molar refractivity (Wildman–Crippen MR) is 92.6 cm³/mol. The Bertz CT molecular complexity index is 520. The second-order valence-corrected chi connectivity index (χ2v) is 8.89. The molecular weight excluding hydrogens is 316 g/mol. The Morgan fingerprint density at radius 2 is 1.91 bits per heavy atom. The van der Waals surface area contributed by atoms with Crippen LogP contribution in [0.4, 0.5) is 0 Å². The van der Waals surface area contributed by atoms with Gasteiger partial charge in [-0.15, -0.1) is 11.3 Å². The lowest BCUT2D eigenvalue weighted by Crippen LogP contribution is -2.40. The van der Waals surface area contributed by atoms with Gasteiger partial charge in [-0.05, 0) is 19.8 Å². The van der Waals surface area contributed by atoms with Crippen LogP contribution in [0.5, 0.6) is 0 Å². The topological polar surface area (TPSA) is 50.3 Å². The molecule has 0 bridgehead atoms. The van der Waals surface area contributed by atoms with Gasteiger partial charge < -0.3 is 4.90 Å². The number of hydrogen-bond acceptors (Lipinski definition) is 4. The van der Waals surface area contributed by atoms with Crippen LogP contribution in [-0.4, -0.2) is 38.3 Å². The molecule has 2 atom stereocenters. The minimum Gasteiger partial charge on any atom is -0.342 e. The summed E-state index contributed by atoms with van der Waals surface area (Å²) in [5, 5.41) is 2.59. The van der Waals surface area contributed by atoms with Crippen molar-refractivity contribution in [3.63, 3.8) is 0 Å². The molecule has 4 nitrogen and oxygen atoms in total. The van der Waals surface area contributed by atoms with E-state index in [4.69, 9.17) is 0 Å². The molecule has 2 heterocycles. The van der Waals surface area contributed by atoms with E-state index in [1.165, 1.54) is 12.8 Å². The zero-order valence-electron chi connectivity index (χ0n) is 13.7. The fourth-order valence-electron chi connectivity index (χ4n) is 2.59. The zero-order chi connectivity index (χ0) is 16.1. The van der Waals surface area contributed by atoms with Gasteiger partial charge >= 0.3 is 0 Å². The van der Waals surface area contributed by atoms with Gasteiger partial charge in [-0.1, -0.05) is 26.7 Å². The largest absolute Gasteiger partial charge is 0.342 e. The summed E-state index contributed by atoms with van der Waals surface area (Å²) in [7, 11) is -1.20. The lowest BCUT2D eigenvalue weighted by Gasteiger charge is -2.23. The monoisotopic (exact) mass is 342 g/mol. The van der Waals surface area contributed by atoms with Crippen molar-refractivity contribution in [2.75, 3.05) is 13.1 Å². The first-order chi connectivity index (χ1) is 10.5.